The third-order valence-corrected chi connectivity index (χ3v) is 6.08. The average Bonchev–Trinajstić information content (AvgIpc) is 2.89. The first-order valence-electron chi connectivity index (χ1n) is 11.3. The molecule has 0 atom stereocenters. The minimum absolute atomic E-state index is 0.0540. The second-order valence-corrected chi connectivity index (χ2v) is 8.31. The number of aromatic amines is 1. The summed E-state index contributed by atoms with van der Waals surface area (Å²) < 4.78 is 13.2. The highest BCUT2D eigenvalue weighted by molar-refractivity contribution is 6.08. The number of carbonyl (C=O) groups is 2. The molecular formula is C28H22FN3O3. The number of H-pyrrole nitrogens is 1. The third-order valence-electron chi connectivity index (χ3n) is 6.08. The van der Waals surface area contributed by atoms with Gasteiger partial charge >= 0.3 is 0 Å². The van der Waals surface area contributed by atoms with Crippen LogP contribution in [0.2, 0.25) is 0 Å². The molecule has 35 heavy (non-hydrogen) atoms. The number of rotatable bonds is 4. The zero-order chi connectivity index (χ0) is 24.4. The normalized spacial score (nSPS) is 12.7. The van der Waals surface area contributed by atoms with E-state index in [0.29, 0.717) is 42.0 Å². The molecule has 2 heterocycles. The Hall–Kier alpha value is -4.52. The lowest BCUT2D eigenvalue weighted by molar-refractivity contribution is 0.0982. The number of nitrogens with zero attached hydrogens (tertiary/aromatic N) is 1. The molecule has 5 rings (SSSR count). The maximum Gasteiger partial charge on any atom is 0.263 e. The number of carbonyl (C=O) groups excluding carboxylic acids is 2. The fourth-order valence-electron chi connectivity index (χ4n) is 4.32. The van der Waals surface area contributed by atoms with Gasteiger partial charge in [-0.15, -0.1) is 0 Å². The molecule has 0 fully saturated rings. The number of pyridine rings is 1. The van der Waals surface area contributed by atoms with Crippen LogP contribution in [0.5, 0.6) is 0 Å². The van der Waals surface area contributed by atoms with Crippen molar-refractivity contribution in [1.29, 1.82) is 0 Å². The van der Waals surface area contributed by atoms with E-state index < -0.39 is 17.3 Å². The number of nitrogens with one attached hydrogen (secondary N) is 2. The van der Waals surface area contributed by atoms with Crippen molar-refractivity contribution in [3.63, 3.8) is 0 Å². The molecular weight excluding hydrogens is 445 g/mol. The van der Waals surface area contributed by atoms with Crippen LogP contribution in [-0.4, -0.2) is 23.3 Å². The monoisotopic (exact) mass is 467 g/mol. The van der Waals surface area contributed by atoms with E-state index in [0.717, 1.165) is 11.1 Å². The minimum atomic E-state index is -0.454. The van der Waals surface area contributed by atoms with Crippen LogP contribution < -0.4 is 15.8 Å². The highest BCUT2D eigenvalue weighted by Crippen LogP contribution is 2.34. The number of anilines is 2. The van der Waals surface area contributed by atoms with Crippen LogP contribution >= 0.6 is 0 Å². The van der Waals surface area contributed by atoms with E-state index in [4.69, 9.17) is 0 Å². The van der Waals surface area contributed by atoms with Gasteiger partial charge in [-0.05, 0) is 72.5 Å². The van der Waals surface area contributed by atoms with Crippen molar-refractivity contribution < 1.29 is 14.0 Å². The van der Waals surface area contributed by atoms with Gasteiger partial charge in [0.15, 0.2) is 0 Å². The number of benzene rings is 3. The largest absolute Gasteiger partial charge is 0.322 e. The fourth-order valence-corrected chi connectivity index (χ4v) is 4.32. The molecule has 4 aromatic rings. The van der Waals surface area contributed by atoms with Gasteiger partial charge in [-0.3, -0.25) is 14.4 Å². The van der Waals surface area contributed by atoms with Crippen LogP contribution in [0.1, 0.15) is 32.7 Å². The lowest BCUT2D eigenvalue weighted by Gasteiger charge is -2.30. The second kappa shape index (κ2) is 9.38. The van der Waals surface area contributed by atoms with E-state index >= 15 is 0 Å². The van der Waals surface area contributed by atoms with Gasteiger partial charge in [-0.25, -0.2) is 4.39 Å². The summed E-state index contributed by atoms with van der Waals surface area (Å²) in [5.74, 6) is -1.18. The fraction of sp³-hybridized carbons (Fsp3) is 0.107. The standard InChI is InChI=1S/C28H22FN3O3/c29-20-13-11-19(12-14-20)26(33)31-24-9-4-10-25-21(24)8-5-17-32(25)28(35)22-15-16-23(30-27(22)34)18-6-2-1-3-7-18/h1-4,6-7,9-16H,5,8,17H2,(H,30,34)(H,31,33). The Morgan fingerprint density at radius 3 is 2.40 bits per heavy atom. The highest BCUT2D eigenvalue weighted by Gasteiger charge is 2.27. The van der Waals surface area contributed by atoms with Crippen molar-refractivity contribution in [2.24, 2.45) is 0 Å². The number of fused-ring (bicyclic) bond motifs is 1. The number of amides is 2. The molecule has 0 bridgehead atoms. The molecule has 0 aliphatic carbocycles. The summed E-state index contributed by atoms with van der Waals surface area (Å²) in [5.41, 5.74) is 3.48. The first-order valence-corrected chi connectivity index (χ1v) is 11.3. The topological polar surface area (TPSA) is 82.3 Å². The van der Waals surface area contributed by atoms with Gasteiger partial charge in [-0.1, -0.05) is 36.4 Å². The lowest BCUT2D eigenvalue weighted by atomic mass is 9.98. The number of hydrogen-bond acceptors (Lipinski definition) is 3. The van der Waals surface area contributed by atoms with Crippen molar-refractivity contribution in [2.45, 2.75) is 12.8 Å². The molecule has 0 spiro atoms. The summed E-state index contributed by atoms with van der Waals surface area (Å²) >= 11 is 0. The van der Waals surface area contributed by atoms with Crippen LogP contribution in [0.25, 0.3) is 11.3 Å². The Morgan fingerprint density at radius 2 is 1.66 bits per heavy atom. The van der Waals surface area contributed by atoms with E-state index in [9.17, 15) is 18.8 Å². The molecule has 0 unspecified atom stereocenters. The quantitative estimate of drug-likeness (QED) is 0.442. The Balaban J connectivity index is 1.43. The Bertz CT molecular complexity index is 1460. The molecule has 0 saturated heterocycles. The van der Waals surface area contributed by atoms with Gasteiger partial charge in [0.1, 0.15) is 11.4 Å². The molecule has 2 amide bonds. The zero-order valence-electron chi connectivity index (χ0n) is 18.8. The maximum atomic E-state index is 13.4. The SMILES string of the molecule is O=C(Nc1cccc2c1CCCN2C(=O)c1ccc(-c2ccccc2)[nH]c1=O)c1ccc(F)cc1. The predicted octanol–water partition coefficient (Wildman–Crippen LogP) is 5.03. The van der Waals surface area contributed by atoms with Gasteiger partial charge in [0, 0.05) is 29.2 Å². The molecule has 174 valence electrons. The molecule has 7 heteroatoms. The summed E-state index contributed by atoms with van der Waals surface area (Å²) in [6.45, 7) is 0.459. The third kappa shape index (κ3) is 4.48. The average molecular weight is 468 g/mol. The van der Waals surface area contributed by atoms with Gasteiger partial charge in [0.05, 0.1) is 0 Å². The molecule has 1 aliphatic rings. The number of aromatic nitrogens is 1. The number of hydrogen-bond donors (Lipinski definition) is 2. The van der Waals surface area contributed by atoms with Crippen molar-refractivity contribution in [2.75, 3.05) is 16.8 Å². The Labute approximate surface area is 201 Å². The summed E-state index contributed by atoms with van der Waals surface area (Å²) in [7, 11) is 0. The van der Waals surface area contributed by atoms with E-state index in [-0.39, 0.29) is 11.5 Å². The molecule has 2 N–H and O–H groups in total. The molecule has 3 aromatic carbocycles. The van der Waals surface area contributed by atoms with Crippen molar-refractivity contribution in [1.82, 2.24) is 4.98 Å². The second-order valence-electron chi connectivity index (χ2n) is 8.31. The van der Waals surface area contributed by atoms with E-state index in [2.05, 4.69) is 10.3 Å². The molecule has 0 radical (unpaired) electrons. The highest BCUT2D eigenvalue weighted by atomic mass is 19.1. The molecule has 6 nitrogen and oxygen atoms in total. The first-order chi connectivity index (χ1) is 17.0. The van der Waals surface area contributed by atoms with Crippen molar-refractivity contribution in [3.8, 4) is 11.3 Å². The smallest absolute Gasteiger partial charge is 0.263 e. The van der Waals surface area contributed by atoms with E-state index in [1.54, 1.807) is 29.2 Å². The summed E-state index contributed by atoms with van der Waals surface area (Å²) in [4.78, 5) is 43.3. The van der Waals surface area contributed by atoms with Gasteiger partial charge < -0.3 is 15.2 Å². The van der Waals surface area contributed by atoms with Crippen LogP contribution in [0.4, 0.5) is 15.8 Å². The van der Waals surface area contributed by atoms with Crippen molar-refractivity contribution >= 4 is 23.2 Å². The summed E-state index contributed by atoms with van der Waals surface area (Å²) in [6, 6.07) is 23.3. The summed E-state index contributed by atoms with van der Waals surface area (Å²) in [6.07, 6.45) is 1.35. The predicted molar refractivity (Wildman–Crippen MR) is 133 cm³/mol. The summed E-state index contributed by atoms with van der Waals surface area (Å²) in [5, 5.41) is 2.87. The first kappa shape index (κ1) is 22.3. The zero-order valence-corrected chi connectivity index (χ0v) is 18.8. The van der Waals surface area contributed by atoms with Crippen LogP contribution in [0, 0.1) is 5.82 Å². The van der Waals surface area contributed by atoms with Crippen molar-refractivity contribution in [3.05, 3.63) is 118 Å². The lowest BCUT2D eigenvalue weighted by Crippen LogP contribution is -2.38. The minimum Gasteiger partial charge on any atom is -0.322 e. The molecule has 1 aliphatic heterocycles. The van der Waals surface area contributed by atoms with Crippen LogP contribution in [-0.2, 0) is 6.42 Å². The van der Waals surface area contributed by atoms with Crippen LogP contribution in [0.15, 0.2) is 89.7 Å². The molecule has 1 aromatic heterocycles. The molecule has 0 saturated carbocycles. The van der Waals surface area contributed by atoms with Gasteiger partial charge in [0.2, 0.25) is 0 Å². The van der Waals surface area contributed by atoms with Gasteiger partial charge in [0.25, 0.3) is 17.4 Å². The van der Waals surface area contributed by atoms with E-state index in [1.807, 2.05) is 36.4 Å². The van der Waals surface area contributed by atoms with Crippen LogP contribution in [0.3, 0.4) is 0 Å². The van der Waals surface area contributed by atoms with E-state index in [1.165, 1.54) is 24.3 Å². The number of halogens is 1. The maximum absolute atomic E-state index is 13.4. The Kier molecular flexibility index (Phi) is 5.97. The Morgan fingerprint density at radius 1 is 0.886 bits per heavy atom. The van der Waals surface area contributed by atoms with Gasteiger partial charge in [-0.2, -0.15) is 0 Å².